The van der Waals surface area contributed by atoms with Gasteiger partial charge in [0, 0.05) is 38.8 Å². The second-order valence-electron chi connectivity index (χ2n) is 5.24. The Morgan fingerprint density at radius 1 is 1.50 bits per heavy atom. The summed E-state index contributed by atoms with van der Waals surface area (Å²) in [5, 5.41) is 2.03. The molecule has 1 aliphatic heterocycles. The van der Waals surface area contributed by atoms with E-state index in [1.165, 1.54) is 0 Å². The van der Waals surface area contributed by atoms with Crippen molar-refractivity contribution in [2.45, 2.75) is 12.6 Å². The highest BCUT2D eigenvalue weighted by atomic mass is 32.1. The Hall–Kier alpha value is -1.21. The maximum Gasteiger partial charge on any atom is 0.236 e. The standard InChI is InChI=1S/C14H20N4OS/c1-17-4-5-18(12(7-15)9-17)8-11-10-19-14(16-11)13-3-2-6-20-13/h2-3,6,10,12H,4-5,7-9,15H2,1H3. The van der Waals surface area contributed by atoms with Gasteiger partial charge < -0.3 is 15.1 Å². The fraction of sp³-hybridized carbons (Fsp3) is 0.500. The first-order valence-corrected chi connectivity index (χ1v) is 7.75. The molecule has 1 fully saturated rings. The summed E-state index contributed by atoms with van der Waals surface area (Å²) >= 11 is 1.64. The van der Waals surface area contributed by atoms with Crippen molar-refractivity contribution in [1.29, 1.82) is 0 Å². The Balaban J connectivity index is 1.68. The van der Waals surface area contributed by atoms with Crippen LogP contribution in [-0.4, -0.2) is 54.1 Å². The minimum atomic E-state index is 0.399. The SMILES string of the molecule is CN1CCN(Cc2coc(-c3cccs3)n2)C(CN)C1. The van der Waals surface area contributed by atoms with Crippen molar-refractivity contribution in [3.63, 3.8) is 0 Å². The van der Waals surface area contributed by atoms with Crippen LogP contribution in [0.4, 0.5) is 0 Å². The van der Waals surface area contributed by atoms with Crippen LogP contribution in [-0.2, 0) is 6.54 Å². The van der Waals surface area contributed by atoms with Crippen LogP contribution >= 0.6 is 11.3 Å². The molecule has 1 saturated heterocycles. The first kappa shape index (κ1) is 13.8. The van der Waals surface area contributed by atoms with Crippen LogP contribution in [0.2, 0.25) is 0 Å². The van der Waals surface area contributed by atoms with E-state index in [2.05, 4.69) is 21.8 Å². The molecule has 2 aromatic heterocycles. The van der Waals surface area contributed by atoms with Gasteiger partial charge in [-0.05, 0) is 18.5 Å². The number of oxazole rings is 1. The van der Waals surface area contributed by atoms with E-state index in [1.807, 2.05) is 17.5 Å². The number of hydrogen-bond donors (Lipinski definition) is 1. The number of rotatable bonds is 4. The van der Waals surface area contributed by atoms with Gasteiger partial charge in [0.2, 0.25) is 5.89 Å². The molecule has 5 nitrogen and oxygen atoms in total. The van der Waals surface area contributed by atoms with E-state index in [-0.39, 0.29) is 0 Å². The molecule has 0 bridgehead atoms. The molecule has 0 aromatic carbocycles. The minimum absolute atomic E-state index is 0.399. The average Bonchev–Trinajstić information content (AvgIpc) is 3.11. The zero-order valence-electron chi connectivity index (χ0n) is 11.7. The number of nitrogens with zero attached hydrogens (tertiary/aromatic N) is 3. The van der Waals surface area contributed by atoms with Crippen molar-refractivity contribution in [1.82, 2.24) is 14.8 Å². The fourth-order valence-corrected chi connectivity index (χ4v) is 3.24. The van der Waals surface area contributed by atoms with Crippen LogP contribution in [0.15, 0.2) is 28.2 Å². The summed E-state index contributed by atoms with van der Waals surface area (Å²) in [7, 11) is 2.14. The van der Waals surface area contributed by atoms with Gasteiger partial charge in [0.05, 0.1) is 10.6 Å². The molecule has 0 spiro atoms. The van der Waals surface area contributed by atoms with Gasteiger partial charge in [0.1, 0.15) is 6.26 Å². The lowest BCUT2D eigenvalue weighted by Gasteiger charge is -2.39. The molecule has 0 saturated carbocycles. The summed E-state index contributed by atoms with van der Waals surface area (Å²) in [4.78, 5) is 10.4. The maximum atomic E-state index is 5.88. The van der Waals surface area contributed by atoms with E-state index in [4.69, 9.17) is 10.2 Å². The van der Waals surface area contributed by atoms with Crippen molar-refractivity contribution < 1.29 is 4.42 Å². The van der Waals surface area contributed by atoms with Crippen LogP contribution in [0.25, 0.3) is 10.8 Å². The third-order valence-corrected chi connectivity index (χ3v) is 4.59. The molecule has 3 rings (SSSR count). The van der Waals surface area contributed by atoms with E-state index in [0.717, 1.165) is 36.8 Å². The van der Waals surface area contributed by atoms with Gasteiger partial charge in [-0.15, -0.1) is 11.3 Å². The Morgan fingerprint density at radius 2 is 2.40 bits per heavy atom. The van der Waals surface area contributed by atoms with Crippen molar-refractivity contribution >= 4 is 11.3 Å². The van der Waals surface area contributed by atoms with Gasteiger partial charge in [0.15, 0.2) is 0 Å². The number of likely N-dealkylation sites (N-methyl/N-ethyl adjacent to an activating group) is 1. The normalized spacial score (nSPS) is 21.4. The van der Waals surface area contributed by atoms with Crippen LogP contribution in [0, 0.1) is 0 Å². The lowest BCUT2D eigenvalue weighted by atomic mass is 10.1. The van der Waals surface area contributed by atoms with Gasteiger partial charge in [-0.25, -0.2) is 4.98 Å². The van der Waals surface area contributed by atoms with Crippen molar-refractivity contribution in [3.05, 3.63) is 29.5 Å². The quantitative estimate of drug-likeness (QED) is 0.925. The molecule has 2 N–H and O–H groups in total. The predicted molar refractivity (Wildman–Crippen MR) is 80.6 cm³/mol. The summed E-state index contributed by atoms with van der Waals surface area (Å²) < 4.78 is 5.57. The Labute approximate surface area is 123 Å². The first-order chi connectivity index (χ1) is 9.76. The molecular formula is C14H20N4OS. The summed E-state index contributed by atoms with van der Waals surface area (Å²) in [6.07, 6.45) is 1.76. The molecule has 3 heterocycles. The number of thiophene rings is 1. The topological polar surface area (TPSA) is 58.5 Å². The first-order valence-electron chi connectivity index (χ1n) is 6.87. The zero-order valence-corrected chi connectivity index (χ0v) is 12.5. The van der Waals surface area contributed by atoms with Crippen LogP contribution in [0.5, 0.6) is 0 Å². The highest BCUT2D eigenvalue weighted by Gasteiger charge is 2.24. The molecule has 0 amide bonds. The lowest BCUT2D eigenvalue weighted by Crippen LogP contribution is -2.54. The molecule has 0 aliphatic carbocycles. The predicted octanol–water partition coefficient (Wildman–Crippen LogP) is 1.48. The molecule has 1 unspecified atom stereocenters. The van der Waals surface area contributed by atoms with Crippen LogP contribution < -0.4 is 5.73 Å². The summed E-state index contributed by atoms with van der Waals surface area (Å²) in [6.45, 7) is 4.61. The number of nitrogens with two attached hydrogens (primary N) is 1. The van der Waals surface area contributed by atoms with Gasteiger partial charge >= 0.3 is 0 Å². The zero-order chi connectivity index (χ0) is 13.9. The Kier molecular flexibility index (Phi) is 4.16. The summed E-state index contributed by atoms with van der Waals surface area (Å²) in [5.41, 5.74) is 6.86. The third-order valence-electron chi connectivity index (χ3n) is 3.73. The molecule has 108 valence electrons. The monoisotopic (exact) mass is 292 g/mol. The third kappa shape index (κ3) is 2.93. The Bertz CT molecular complexity index is 539. The van der Waals surface area contributed by atoms with E-state index in [1.54, 1.807) is 17.6 Å². The number of piperazine rings is 1. The molecule has 1 atom stereocenters. The van der Waals surface area contributed by atoms with Gasteiger partial charge in [-0.2, -0.15) is 0 Å². The minimum Gasteiger partial charge on any atom is -0.444 e. The van der Waals surface area contributed by atoms with Crippen molar-refractivity contribution in [2.24, 2.45) is 5.73 Å². The molecule has 0 radical (unpaired) electrons. The molecule has 6 heteroatoms. The molecule has 20 heavy (non-hydrogen) atoms. The van der Waals surface area contributed by atoms with Gasteiger partial charge in [-0.3, -0.25) is 4.90 Å². The molecule has 2 aromatic rings. The highest BCUT2D eigenvalue weighted by Crippen LogP contribution is 2.24. The van der Waals surface area contributed by atoms with E-state index in [0.29, 0.717) is 18.5 Å². The molecular weight excluding hydrogens is 272 g/mol. The summed E-state index contributed by atoms with van der Waals surface area (Å²) in [6, 6.07) is 4.43. The largest absolute Gasteiger partial charge is 0.444 e. The second kappa shape index (κ2) is 6.05. The van der Waals surface area contributed by atoms with Gasteiger partial charge in [-0.1, -0.05) is 6.07 Å². The average molecular weight is 292 g/mol. The van der Waals surface area contributed by atoms with Crippen molar-refractivity contribution in [3.8, 4) is 10.8 Å². The van der Waals surface area contributed by atoms with Gasteiger partial charge in [0.25, 0.3) is 0 Å². The lowest BCUT2D eigenvalue weighted by molar-refractivity contribution is 0.0870. The number of hydrogen-bond acceptors (Lipinski definition) is 6. The van der Waals surface area contributed by atoms with E-state index in [9.17, 15) is 0 Å². The fourth-order valence-electron chi connectivity index (χ4n) is 2.58. The maximum absolute atomic E-state index is 5.88. The van der Waals surface area contributed by atoms with Crippen LogP contribution in [0.1, 0.15) is 5.69 Å². The van der Waals surface area contributed by atoms with E-state index < -0.39 is 0 Å². The van der Waals surface area contributed by atoms with Crippen molar-refractivity contribution in [2.75, 3.05) is 33.2 Å². The van der Waals surface area contributed by atoms with E-state index >= 15 is 0 Å². The highest BCUT2D eigenvalue weighted by molar-refractivity contribution is 7.13. The Morgan fingerprint density at radius 3 is 3.15 bits per heavy atom. The molecule has 1 aliphatic rings. The number of aromatic nitrogens is 1. The van der Waals surface area contributed by atoms with Crippen LogP contribution in [0.3, 0.4) is 0 Å². The smallest absolute Gasteiger partial charge is 0.236 e. The summed E-state index contributed by atoms with van der Waals surface area (Å²) in [5.74, 6) is 0.716. The second-order valence-corrected chi connectivity index (χ2v) is 6.19.